The molecule has 0 radical (unpaired) electrons. The van der Waals surface area contributed by atoms with E-state index in [0.29, 0.717) is 35.7 Å². The monoisotopic (exact) mass is 491 g/mol. The fourth-order valence-corrected chi connectivity index (χ4v) is 4.81. The number of rotatable bonds is 6. The summed E-state index contributed by atoms with van der Waals surface area (Å²) in [6.45, 7) is 4.60. The summed E-state index contributed by atoms with van der Waals surface area (Å²) in [4.78, 5) is 26.8. The van der Waals surface area contributed by atoms with Gasteiger partial charge in [0.2, 0.25) is 5.91 Å². The van der Waals surface area contributed by atoms with Gasteiger partial charge in [0.25, 0.3) is 0 Å². The summed E-state index contributed by atoms with van der Waals surface area (Å²) in [6, 6.07) is 13.8. The maximum atomic E-state index is 12.8. The standard InChI is InChI=1S/C26H29N5O5/c1-26(2)23(33)22(30-13-7-6-10-21(30)32)19-16-18(11-12-20(19)36-26)24-27-28-29-31(24)14-15-35-25(34)17-8-4-3-5-9-17/h3-5,8-9,11-12,16,22-23,33H,6-7,10,13-15H2,1-2H3/t22-,23+/m0/s1. The molecule has 2 atom stereocenters. The molecule has 5 rings (SSSR count). The molecular weight excluding hydrogens is 462 g/mol. The highest BCUT2D eigenvalue weighted by atomic mass is 16.5. The third-order valence-corrected chi connectivity index (χ3v) is 6.74. The molecule has 0 unspecified atom stereocenters. The molecule has 1 N–H and O–H groups in total. The number of tetrazole rings is 1. The number of benzene rings is 2. The van der Waals surface area contributed by atoms with Crippen LogP contribution in [0.1, 0.15) is 55.1 Å². The van der Waals surface area contributed by atoms with Crippen molar-refractivity contribution in [1.29, 1.82) is 0 Å². The van der Waals surface area contributed by atoms with Crippen molar-refractivity contribution in [2.75, 3.05) is 13.2 Å². The molecule has 1 amide bonds. The number of likely N-dealkylation sites (tertiary alicyclic amines) is 1. The first-order valence-electron chi connectivity index (χ1n) is 12.1. The highest BCUT2D eigenvalue weighted by Gasteiger charge is 2.47. The van der Waals surface area contributed by atoms with Crippen LogP contribution < -0.4 is 4.74 Å². The van der Waals surface area contributed by atoms with Crippen LogP contribution in [0, 0.1) is 0 Å². The molecule has 2 aromatic carbocycles. The average molecular weight is 492 g/mol. The number of hydrogen-bond acceptors (Lipinski definition) is 8. The number of aliphatic hydroxyl groups excluding tert-OH is 1. The highest BCUT2D eigenvalue weighted by Crippen LogP contribution is 2.45. The van der Waals surface area contributed by atoms with Crippen LogP contribution in [-0.4, -0.2) is 66.9 Å². The maximum Gasteiger partial charge on any atom is 0.338 e. The lowest BCUT2D eigenvalue weighted by atomic mass is 9.84. The summed E-state index contributed by atoms with van der Waals surface area (Å²) < 4.78 is 13.1. The van der Waals surface area contributed by atoms with Crippen LogP contribution >= 0.6 is 0 Å². The molecular formula is C26H29N5O5. The van der Waals surface area contributed by atoms with Gasteiger partial charge >= 0.3 is 5.97 Å². The lowest BCUT2D eigenvalue weighted by Crippen LogP contribution is -2.55. The van der Waals surface area contributed by atoms with Gasteiger partial charge in [-0.2, -0.15) is 0 Å². The van der Waals surface area contributed by atoms with E-state index in [1.54, 1.807) is 33.8 Å². The number of carbonyl (C=O) groups is 2. The van der Waals surface area contributed by atoms with Crippen molar-refractivity contribution in [3.8, 4) is 17.1 Å². The van der Waals surface area contributed by atoms with Crippen molar-refractivity contribution in [2.24, 2.45) is 0 Å². The minimum Gasteiger partial charge on any atom is -0.485 e. The van der Waals surface area contributed by atoms with Crippen LogP contribution in [0.5, 0.6) is 5.75 Å². The molecule has 0 aliphatic carbocycles. The van der Waals surface area contributed by atoms with E-state index in [9.17, 15) is 14.7 Å². The highest BCUT2D eigenvalue weighted by molar-refractivity contribution is 5.89. The molecule has 0 spiro atoms. The maximum absolute atomic E-state index is 12.8. The summed E-state index contributed by atoms with van der Waals surface area (Å²) in [6.07, 6.45) is 1.31. The summed E-state index contributed by atoms with van der Waals surface area (Å²) >= 11 is 0. The fraction of sp³-hybridized carbons (Fsp3) is 0.423. The zero-order chi connectivity index (χ0) is 25.3. The molecule has 2 aliphatic heterocycles. The number of nitrogens with zero attached hydrogens (tertiary/aromatic N) is 5. The van der Waals surface area contributed by atoms with Crippen LogP contribution in [0.4, 0.5) is 0 Å². The molecule has 1 aromatic heterocycles. The van der Waals surface area contributed by atoms with E-state index in [1.165, 1.54) is 0 Å². The number of aromatic nitrogens is 4. The Morgan fingerprint density at radius 1 is 1.19 bits per heavy atom. The lowest BCUT2D eigenvalue weighted by molar-refractivity contribution is -0.147. The van der Waals surface area contributed by atoms with Gasteiger partial charge in [-0.1, -0.05) is 18.2 Å². The van der Waals surface area contributed by atoms with Gasteiger partial charge in [0.1, 0.15) is 24.1 Å². The van der Waals surface area contributed by atoms with Crippen molar-refractivity contribution in [1.82, 2.24) is 25.1 Å². The number of amides is 1. The molecule has 1 fully saturated rings. The van der Waals surface area contributed by atoms with Gasteiger partial charge in [-0.15, -0.1) is 5.10 Å². The van der Waals surface area contributed by atoms with Crippen LogP contribution in [0.25, 0.3) is 11.4 Å². The Hall–Kier alpha value is -3.79. The Morgan fingerprint density at radius 3 is 2.78 bits per heavy atom. The van der Waals surface area contributed by atoms with Crippen molar-refractivity contribution < 1.29 is 24.2 Å². The van der Waals surface area contributed by atoms with Gasteiger partial charge in [-0.3, -0.25) is 4.79 Å². The number of esters is 1. The summed E-state index contributed by atoms with van der Waals surface area (Å²) in [5.41, 5.74) is 1.04. The molecule has 0 bridgehead atoms. The second-order valence-corrected chi connectivity index (χ2v) is 9.62. The van der Waals surface area contributed by atoms with Crippen LogP contribution in [0.2, 0.25) is 0 Å². The zero-order valence-electron chi connectivity index (χ0n) is 20.3. The summed E-state index contributed by atoms with van der Waals surface area (Å²) in [5.74, 6) is 0.719. The zero-order valence-corrected chi connectivity index (χ0v) is 20.3. The Kier molecular flexibility index (Phi) is 6.44. The van der Waals surface area contributed by atoms with Crippen LogP contribution in [0.3, 0.4) is 0 Å². The summed E-state index contributed by atoms with van der Waals surface area (Å²) in [7, 11) is 0. The lowest BCUT2D eigenvalue weighted by Gasteiger charge is -2.47. The van der Waals surface area contributed by atoms with Crippen molar-refractivity contribution in [3.63, 3.8) is 0 Å². The third-order valence-electron chi connectivity index (χ3n) is 6.74. The van der Waals surface area contributed by atoms with E-state index in [2.05, 4.69) is 15.5 Å². The molecule has 3 aromatic rings. The van der Waals surface area contributed by atoms with Crippen molar-refractivity contribution in [2.45, 2.75) is 57.4 Å². The van der Waals surface area contributed by atoms with E-state index < -0.39 is 23.7 Å². The summed E-state index contributed by atoms with van der Waals surface area (Å²) in [5, 5.41) is 23.3. The van der Waals surface area contributed by atoms with Gasteiger partial charge in [0.05, 0.1) is 18.2 Å². The molecule has 0 saturated carbocycles. The quantitative estimate of drug-likeness (QED) is 0.523. The predicted molar refractivity (Wildman–Crippen MR) is 129 cm³/mol. The van der Waals surface area contributed by atoms with Crippen LogP contribution in [-0.2, 0) is 16.1 Å². The average Bonchev–Trinajstić information content (AvgIpc) is 3.34. The van der Waals surface area contributed by atoms with E-state index in [-0.39, 0.29) is 19.1 Å². The van der Waals surface area contributed by atoms with E-state index in [4.69, 9.17) is 9.47 Å². The number of piperidine rings is 1. The Morgan fingerprint density at radius 2 is 2.00 bits per heavy atom. The Bertz CT molecular complexity index is 1260. The molecule has 36 heavy (non-hydrogen) atoms. The topological polar surface area (TPSA) is 120 Å². The normalized spacial score (nSPS) is 21.0. The Labute approximate surface area is 208 Å². The van der Waals surface area contributed by atoms with Crippen molar-refractivity contribution >= 4 is 11.9 Å². The van der Waals surface area contributed by atoms with Crippen molar-refractivity contribution in [3.05, 3.63) is 59.7 Å². The second-order valence-electron chi connectivity index (χ2n) is 9.62. The number of hydrogen-bond donors (Lipinski definition) is 1. The van der Waals surface area contributed by atoms with E-state index in [1.807, 2.05) is 38.1 Å². The molecule has 3 heterocycles. The van der Waals surface area contributed by atoms with Gasteiger partial charge < -0.3 is 19.5 Å². The first-order chi connectivity index (χ1) is 17.3. The number of ether oxygens (including phenoxy) is 2. The van der Waals surface area contributed by atoms with Crippen LogP contribution in [0.15, 0.2) is 48.5 Å². The number of fused-ring (bicyclic) bond motifs is 1. The number of aliphatic hydroxyl groups is 1. The van der Waals surface area contributed by atoms with Gasteiger partial charge in [0.15, 0.2) is 5.82 Å². The minimum absolute atomic E-state index is 0.0319. The minimum atomic E-state index is -0.907. The fourth-order valence-electron chi connectivity index (χ4n) is 4.81. The van der Waals surface area contributed by atoms with Gasteiger partial charge in [0, 0.05) is 24.1 Å². The van der Waals surface area contributed by atoms with E-state index in [0.717, 1.165) is 18.4 Å². The SMILES string of the molecule is CC1(C)Oc2ccc(-c3nnnn3CCOC(=O)c3ccccc3)cc2[C@H](N2CCCCC2=O)[C@H]1O. The largest absolute Gasteiger partial charge is 0.485 e. The van der Waals surface area contributed by atoms with Gasteiger partial charge in [-0.25, -0.2) is 9.48 Å². The van der Waals surface area contributed by atoms with Gasteiger partial charge in [-0.05, 0) is 67.4 Å². The number of carbonyl (C=O) groups excluding carboxylic acids is 2. The molecule has 2 aliphatic rings. The first-order valence-corrected chi connectivity index (χ1v) is 12.1. The molecule has 10 heteroatoms. The van der Waals surface area contributed by atoms with E-state index >= 15 is 0 Å². The first kappa shape index (κ1) is 23.9. The molecule has 188 valence electrons. The molecule has 1 saturated heterocycles. The second kappa shape index (κ2) is 9.69. The Balaban J connectivity index is 1.39. The molecule has 10 nitrogen and oxygen atoms in total. The third kappa shape index (κ3) is 4.56. The smallest absolute Gasteiger partial charge is 0.338 e. The predicted octanol–water partition coefficient (Wildman–Crippen LogP) is 2.78.